The van der Waals surface area contributed by atoms with Crippen molar-refractivity contribution in [1.82, 2.24) is 24.7 Å². The Morgan fingerprint density at radius 3 is 2.80 bits per heavy atom. The molecule has 0 saturated carbocycles. The second-order valence-corrected chi connectivity index (χ2v) is 5.76. The molecule has 0 saturated heterocycles. The van der Waals surface area contributed by atoms with Crippen LogP contribution in [0.2, 0.25) is 0 Å². The highest BCUT2D eigenvalue weighted by Gasteiger charge is 2.16. The first-order valence-corrected chi connectivity index (χ1v) is 7.84. The minimum absolute atomic E-state index is 0.287. The van der Waals surface area contributed by atoms with E-state index in [1.54, 1.807) is 6.07 Å². The van der Waals surface area contributed by atoms with Crippen molar-refractivity contribution in [1.29, 1.82) is 0 Å². The molecule has 1 aromatic carbocycles. The van der Waals surface area contributed by atoms with Crippen molar-refractivity contribution < 1.29 is 9.26 Å². The summed E-state index contributed by atoms with van der Waals surface area (Å²) in [5.41, 5.74) is 1.65. The van der Waals surface area contributed by atoms with Crippen LogP contribution in [0.4, 0.5) is 0 Å². The molecular weight excluding hydrogens is 342 g/mol. The maximum atomic E-state index is 12.4. The van der Waals surface area contributed by atoms with Crippen molar-refractivity contribution in [3.8, 4) is 17.5 Å². The van der Waals surface area contributed by atoms with Crippen LogP contribution >= 0.6 is 12.2 Å². The van der Waals surface area contributed by atoms with Gasteiger partial charge in [0.25, 0.3) is 5.88 Å². The van der Waals surface area contributed by atoms with E-state index in [-0.39, 0.29) is 10.3 Å². The first-order chi connectivity index (χ1) is 12.2. The van der Waals surface area contributed by atoms with Crippen LogP contribution in [0.1, 0.15) is 5.56 Å². The number of fused-ring (bicyclic) bond motifs is 1. The molecule has 4 aromatic rings. The summed E-state index contributed by atoms with van der Waals surface area (Å²) < 4.78 is 12.0. The molecule has 25 heavy (non-hydrogen) atoms. The van der Waals surface area contributed by atoms with Crippen LogP contribution in [0.25, 0.3) is 22.7 Å². The smallest absolute Gasteiger partial charge is 0.328 e. The number of aromatic nitrogens is 5. The van der Waals surface area contributed by atoms with Gasteiger partial charge < -0.3 is 14.2 Å². The van der Waals surface area contributed by atoms with Crippen LogP contribution in [0.3, 0.4) is 0 Å². The van der Waals surface area contributed by atoms with E-state index in [0.717, 1.165) is 5.56 Å². The van der Waals surface area contributed by atoms with Crippen molar-refractivity contribution in [2.75, 3.05) is 7.11 Å². The summed E-state index contributed by atoms with van der Waals surface area (Å²) in [6, 6.07) is 11.2. The standard InChI is InChI=1S/C16H13N5O3S/c1-23-11-7-10(24-20-11)13-17-12-14(18-13)21(16(22)19-15(12)25)8-9-5-3-2-4-6-9/h2-7H,8H2,1H3,(H,17,18)(H,19,22,25). The molecule has 0 atom stereocenters. The lowest BCUT2D eigenvalue weighted by Gasteiger charge is -2.06. The van der Waals surface area contributed by atoms with Gasteiger partial charge in [0.05, 0.1) is 19.7 Å². The topological polar surface area (TPSA) is 102 Å². The van der Waals surface area contributed by atoms with Crippen molar-refractivity contribution >= 4 is 23.4 Å². The van der Waals surface area contributed by atoms with Gasteiger partial charge in [-0.2, -0.15) is 0 Å². The molecule has 0 spiro atoms. The Morgan fingerprint density at radius 2 is 2.08 bits per heavy atom. The number of aromatic amines is 2. The van der Waals surface area contributed by atoms with E-state index in [9.17, 15) is 4.79 Å². The van der Waals surface area contributed by atoms with E-state index in [2.05, 4.69) is 20.1 Å². The molecule has 9 heteroatoms. The Labute approximate surface area is 146 Å². The second-order valence-electron chi connectivity index (χ2n) is 5.35. The third-order valence-electron chi connectivity index (χ3n) is 3.75. The Kier molecular flexibility index (Phi) is 3.69. The van der Waals surface area contributed by atoms with Crippen LogP contribution in [-0.4, -0.2) is 31.8 Å². The summed E-state index contributed by atoms with van der Waals surface area (Å²) in [4.78, 5) is 22.6. The summed E-state index contributed by atoms with van der Waals surface area (Å²) >= 11 is 5.25. The van der Waals surface area contributed by atoms with Gasteiger partial charge in [-0.05, 0) is 10.7 Å². The van der Waals surface area contributed by atoms with Crippen LogP contribution in [0.5, 0.6) is 5.88 Å². The van der Waals surface area contributed by atoms with E-state index in [1.165, 1.54) is 11.7 Å². The average molecular weight is 355 g/mol. The summed E-state index contributed by atoms with van der Waals surface area (Å²) in [5.74, 6) is 1.14. The lowest BCUT2D eigenvalue weighted by atomic mass is 10.2. The van der Waals surface area contributed by atoms with E-state index in [4.69, 9.17) is 21.5 Å². The highest BCUT2D eigenvalue weighted by atomic mass is 32.1. The molecule has 0 fully saturated rings. The molecule has 0 amide bonds. The minimum Gasteiger partial charge on any atom is -0.479 e. The minimum atomic E-state index is -0.324. The average Bonchev–Trinajstić information content (AvgIpc) is 3.26. The van der Waals surface area contributed by atoms with Gasteiger partial charge in [0.15, 0.2) is 11.5 Å². The predicted octanol–water partition coefficient (Wildman–Crippen LogP) is 2.49. The van der Waals surface area contributed by atoms with Gasteiger partial charge in [-0.1, -0.05) is 42.5 Å². The lowest BCUT2D eigenvalue weighted by molar-refractivity contribution is 0.342. The number of rotatable bonds is 4. The summed E-state index contributed by atoms with van der Waals surface area (Å²) in [5, 5.41) is 3.75. The molecule has 0 unspecified atom stereocenters. The molecular formula is C16H13N5O3S. The van der Waals surface area contributed by atoms with Crippen LogP contribution < -0.4 is 10.4 Å². The summed E-state index contributed by atoms with van der Waals surface area (Å²) in [6.07, 6.45) is 0. The van der Waals surface area contributed by atoms with Crippen molar-refractivity contribution in [2.24, 2.45) is 0 Å². The number of hydrogen-bond acceptors (Lipinski definition) is 6. The molecule has 0 aliphatic heterocycles. The third-order valence-corrected chi connectivity index (χ3v) is 4.05. The van der Waals surface area contributed by atoms with Gasteiger partial charge in [-0.15, -0.1) is 0 Å². The zero-order valence-corrected chi connectivity index (χ0v) is 14.0. The van der Waals surface area contributed by atoms with Gasteiger partial charge in [0.1, 0.15) is 10.2 Å². The van der Waals surface area contributed by atoms with Crippen molar-refractivity contribution in [3.63, 3.8) is 0 Å². The Balaban J connectivity index is 1.88. The van der Waals surface area contributed by atoms with Gasteiger partial charge in [0.2, 0.25) is 5.76 Å². The molecule has 4 rings (SSSR count). The quantitative estimate of drug-likeness (QED) is 0.545. The Bertz CT molecular complexity index is 1160. The number of H-pyrrole nitrogens is 2. The number of imidazole rings is 1. The largest absolute Gasteiger partial charge is 0.479 e. The fourth-order valence-electron chi connectivity index (χ4n) is 2.54. The molecule has 8 nitrogen and oxygen atoms in total. The fraction of sp³-hybridized carbons (Fsp3) is 0.125. The van der Waals surface area contributed by atoms with Crippen LogP contribution in [-0.2, 0) is 6.54 Å². The second kappa shape index (κ2) is 6.02. The van der Waals surface area contributed by atoms with E-state index in [1.807, 2.05) is 30.3 Å². The molecule has 3 heterocycles. The van der Waals surface area contributed by atoms with E-state index < -0.39 is 0 Å². The molecule has 2 N–H and O–H groups in total. The van der Waals surface area contributed by atoms with Gasteiger partial charge >= 0.3 is 5.69 Å². The molecule has 126 valence electrons. The van der Waals surface area contributed by atoms with E-state index in [0.29, 0.717) is 35.2 Å². The fourth-order valence-corrected chi connectivity index (χ4v) is 2.77. The first kappa shape index (κ1) is 15.3. The molecule has 0 aliphatic rings. The third kappa shape index (κ3) is 2.74. The zero-order chi connectivity index (χ0) is 17.4. The zero-order valence-electron chi connectivity index (χ0n) is 13.1. The van der Waals surface area contributed by atoms with Gasteiger partial charge in [0, 0.05) is 0 Å². The summed E-state index contributed by atoms with van der Waals surface area (Å²) in [7, 11) is 1.49. The van der Waals surface area contributed by atoms with Crippen LogP contribution in [0, 0.1) is 4.64 Å². The van der Waals surface area contributed by atoms with Crippen LogP contribution in [0.15, 0.2) is 45.7 Å². The maximum absolute atomic E-state index is 12.4. The first-order valence-electron chi connectivity index (χ1n) is 7.43. The molecule has 3 aromatic heterocycles. The maximum Gasteiger partial charge on any atom is 0.328 e. The van der Waals surface area contributed by atoms with Gasteiger partial charge in [-0.3, -0.25) is 9.55 Å². The number of benzene rings is 1. The highest BCUT2D eigenvalue weighted by molar-refractivity contribution is 7.71. The van der Waals surface area contributed by atoms with Crippen molar-refractivity contribution in [2.45, 2.75) is 6.54 Å². The predicted molar refractivity (Wildman–Crippen MR) is 93.1 cm³/mol. The molecule has 0 radical (unpaired) electrons. The number of nitrogens with one attached hydrogen (secondary N) is 2. The summed E-state index contributed by atoms with van der Waals surface area (Å²) in [6.45, 7) is 0.367. The van der Waals surface area contributed by atoms with Gasteiger partial charge in [-0.25, -0.2) is 9.78 Å². The molecule has 0 bridgehead atoms. The number of nitrogens with zero attached hydrogens (tertiary/aromatic N) is 3. The Hall–Kier alpha value is -3.20. The Morgan fingerprint density at radius 1 is 1.28 bits per heavy atom. The monoisotopic (exact) mass is 355 g/mol. The van der Waals surface area contributed by atoms with Crippen molar-refractivity contribution in [3.05, 3.63) is 57.1 Å². The van der Waals surface area contributed by atoms with E-state index >= 15 is 0 Å². The number of methoxy groups -OCH3 is 1. The normalized spacial score (nSPS) is 11.1. The molecule has 0 aliphatic carbocycles. The lowest BCUT2D eigenvalue weighted by Crippen LogP contribution is -2.24. The number of hydrogen-bond donors (Lipinski definition) is 2. The number of ether oxygens (including phenoxy) is 1. The SMILES string of the molecule is COc1cc(-c2nc3c([nH]2)c(=S)[nH]c(=O)n3Cc2ccccc2)on1. The highest BCUT2D eigenvalue weighted by Crippen LogP contribution is 2.23.